The average Bonchev–Trinajstić information content (AvgIpc) is 2.68. The smallest absolute Gasteiger partial charge is 0.457 e. The predicted octanol–water partition coefficient (Wildman–Crippen LogP) is 5.60. The number of carbonyl (C=O) groups is 1. The summed E-state index contributed by atoms with van der Waals surface area (Å²) in [7, 11) is -1.75. The Hall–Kier alpha value is -2.59. The number of carbonyl (C=O) groups excluding carboxylic acids is 1. The van der Waals surface area contributed by atoms with Gasteiger partial charge in [-0.05, 0) is 43.7 Å². The highest BCUT2D eigenvalue weighted by Crippen LogP contribution is 2.35. The molecule has 11 heteroatoms. The van der Waals surface area contributed by atoms with Crippen LogP contribution in [0.2, 0.25) is 5.02 Å². The molecule has 2 aromatic rings. The van der Waals surface area contributed by atoms with Gasteiger partial charge in [0.2, 0.25) is 0 Å². The molecule has 1 unspecified atom stereocenters. The molecule has 1 atom stereocenters. The molecule has 0 saturated carbocycles. The molecule has 6 nitrogen and oxygen atoms in total. The predicted molar refractivity (Wildman–Crippen MR) is 115 cm³/mol. The minimum atomic E-state index is -5.20. The van der Waals surface area contributed by atoms with E-state index in [1.165, 1.54) is 24.3 Å². The Kier molecular flexibility index (Phi) is 7.72. The summed E-state index contributed by atoms with van der Waals surface area (Å²) in [6.07, 6.45) is -2.59. The Morgan fingerprint density at radius 1 is 1.29 bits per heavy atom. The van der Waals surface area contributed by atoms with E-state index < -0.39 is 21.8 Å². The second-order valence-electron chi connectivity index (χ2n) is 6.66. The average molecular weight is 476 g/mol. The lowest BCUT2D eigenvalue weighted by Crippen LogP contribution is -2.21. The highest BCUT2D eigenvalue weighted by molar-refractivity contribution is 7.93. The first-order chi connectivity index (χ1) is 14.3. The molecule has 31 heavy (non-hydrogen) atoms. The summed E-state index contributed by atoms with van der Waals surface area (Å²) in [5.41, 5.74) is 1.25. The summed E-state index contributed by atoms with van der Waals surface area (Å²) in [6.45, 7) is 4.53. The van der Waals surface area contributed by atoms with Gasteiger partial charge in [-0.3, -0.25) is 4.79 Å². The zero-order valence-corrected chi connectivity index (χ0v) is 18.8. The minimum absolute atomic E-state index is 0.0739. The summed E-state index contributed by atoms with van der Waals surface area (Å²) in [5, 5.41) is 0.336. The van der Waals surface area contributed by atoms with Crippen molar-refractivity contribution in [1.82, 2.24) is 4.90 Å². The molecule has 0 aliphatic heterocycles. The van der Waals surface area contributed by atoms with Crippen LogP contribution in [-0.4, -0.2) is 47.4 Å². The van der Waals surface area contributed by atoms with E-state index in [-0.39, 0.29) is 10.6 Å². The molecule has 0 bridgehead atoms. The molecule has 0 radical (unpaired) electrons. The number of halogens is 4. The fraction of sp³-hybridized carbons (Fsp3) is 0.300. The maximum Gasteiger partial charge on any atom is 0.474 e. The first-order valence-corrected chi connectivity index (χ1v) is 11.3. The van der Waals surface area contributed by atoms with E-state index in [1.54, 1.807) is 25.4 Å². The van der Waals surface area contributed by atoms with E-state index in [0.717, 1.165) is 12.8 Å². The molecule has 2 aromatic carbocycles. The van der Waals surface area contributed by atoms with Gasteiger partial charge in [-0.1, -0.05) is 17.7 Å². The van der Waals surface area contributed by atoms with Crippen LogP contribution in [0.5, 0.6) is 11.5 Å². The summed E-state index contributed by atoms with van der Waals surface area (Å²) in [6, 6.07) is 8.83. The lowest BCUT2D eigenvalue weighted by molar-refractivity contribution is -0.169. The van der Waals surface area contributed by atoms with E-state index in [0.29, 0.717) is 22.0 Å². The maximum atomic E-state index is 12.6. The molecule has 0 heterocycles. The van der Waals surface area contributed by atoms with E-state index in [1.807, 2.05) is 18.9 Å². The van der Waals surface area contributed by atoms with Gasteiger partial charge in [0.25, 0.3) is 0 Å². The van der Waals surface area contributed by atoms with Crippen molar-refractivity contribution in [3.05, 3.63) is 47.0 Å². The lowest BCUT2D eigenvalue weighted by Gasteiger charge is -2.13. The van der Waals surface area contributed by atoms with Gasteiger partial charge in [0.05, 0.1) is 31.7 Å². The Balaban J connectivity index is 2.34. The number of benzene rings is 2. The third kappa shape index (κ3) is 6.70. The molecular formula is C20H21ClF3N3O3S. The van der Waals surface area contributed by atoms with E-state index in [2.05, 4.69) is 9.36 Å². The fourth-order valence-electron chi connectivity index (χ4n) is 2.26. The normalized spacial score (nSPS) is 13.7. The van der Waals surface area contributed by atoms with Crippen LogP contribution >= 0.6 is 11.6 Å². The highest BCUT2D eigenvalue weighted by Gasteiger charge is 2.39. The van der Waals surface area contributed by atoms with Gasteiger partial charge < -0.3 is 9.64 Å². The number of ether oxygens (including phenoxy) is 1. The van der Waals surface area contributed by atoms with Crippen molar-refractivity contribution in [2.24, 2.45) is 9.36 Å². The molecule has 0 spiro atoms. The van der Waals surface area contributed by atoms with Crippen LogP contribution in [0.3, 0.4) is 0 Å². The fourth-order valence-corrected chi connectivity index (χ4v) is 3.66. The van der Waals surface area contributed by atoms with Crippen LogP contribution in [0.1, 0.15) is 12.5 Å². The van der Waals surface area contributed by atoms with Gasteiger partial charge in [0.1, 0.15) is 11.5 Å². The monoisotopic (exact) mass is 475 g/mol. The van der Waals surface area contributed by atoms with Gasteiger partial charge >= 0.3 is 12.1 Å². The van der Waals surface area contributed by atoms with Gasteiger partial charge in [-0.25, -0.2) is 9.20 Å². The Labute approximate surface area is 183 Å². The largest absolute Gasteiger partial charge is 0.474 e. The molecule has 0 fully saturated rings. The SMILES string of the molecule is CCN(C)/C=N/c1cc(C)c(Oc2cccc(S(C)(=O)=NC(=O)C(F)(F)F)c2)cc1Cl. The maximum absolute atomic E-state index is 12.6. The second kappa shape index (κ2) is 9.69. The van der Waals surface area contributed by atoms with Gasteiger partial charge in [-0.15, -0.1) is 4.36 Å². The number of hydrogen-bond donors (Lipinski definition) is 0. The summed E-state index contributed by atoms with van der Waals surface area (Å²) in [5.74, 6) is -1.82. The molecular weight excluding hydrogens is 455 g/mol. The van der Waals surface area contributed by atoms with Crippen LogP contribution in [0.15, 0.2) is 50.6 Å². The van der Waals surface area contributed by atoms with Crippen LogP contribution < -0.4 is 4.74 Å². The van der Waals surface area contributed by atoms with Gasteiger partial charge in [0.15, 0.2) is 0 Å². The summed E-state index contributed by atoms with van der Waals surface area (Å²) < 4.78 is 58.6. The number of amides is 1. The molecule has 1 amide bonds. The van der Waals surface area contributed by atoms with E-state index in [9.17, 15) is 22.2 Å². The quantitative estimate of drug-likeness (QED) is 0.403. The Morgan fingerprint density at radius 3 is 2.58 bits per heavy atom. The Bertz CT molecular complexity index is 1130. The summed E-state index contributed by atoms with van der Waals surface area (Å²) >= 11 is 6.28. The van der Waals surface area contributed by atoms with E-state index in [4.69, 9.17) is 16.3 Å². The number of rotatable bonds is 6. The molecule has 0 aliphatic carbocycles. The van der Waals surface area contributed by atoms with Crippen LogP contribution in [0, 0.1) is 6.92 Å². The molecule has 0 saturated heterocycles. The molecule has 0 aliphatic rings. The van der Waals surface area contributed by atoms with Crippen molar-refractivity contribution in [3.8, 4) is 11.5 Å². The highest BCUT2D eigenvalue weighted by atomic mass is 35.5. The topological polar surface area (TPSA) is 71.3 Å². The van der Waals surface area contributed by atoms with Crippen molar-refractivity contribution in [1.29, 1.82) is 0 Å². The zero-order valence-electron chi connectivity index (χ0n) is 17.2. The number of hydrogen-bond acceptors (Lipinski definition) is 4. The van der Waals surface area contributed by atoms with Gasteiger partial charge in [0, 0.05) is 25.9 Å². The Morgan fingerprint density at radius 2 is 1.97 bits per heavy atom. The molecule has 0 aromatic heterocycles. The van der Waals surface area contributed by atoms with Crippen LogP contribution in [0.4, 0.5) is 18.9 Å². The zero-order chi connectivity index (χ0) is 23.4. The first-order valence-electron chi connectivity index (χ1n) is 8.99. The van der Waals surface area contributed by atoms with Crippen molar-refractivity contribution in [2.75, 3.05) is 19.8 Å². The molecule has 0 N–H and O–H groups in total. The van der Waals surface area contributed by atoms with Crippen LogP contribution in [-0.2, 0) is 14.5 Å². The van der Waals surface area contributed by atoms with Crippen molar-refractivity contribution in [3.63, 3.8) is 0 Å². The minimum Gasteiger partial charge on any atom is -0.457 e. The summed E-state index contributed by atoms with van der Waals surface area (Å²) in [4.78, 5) is 17.2. The third-order valence-electron chi connectivity index (χ3n) is 4.11. The number of aliphatic imine (C=N–C) groups is 1. The second-order valence-corrected chi connectivity index (χ2v) is 9.33. The molecule has 168 valence electrons. The van der Waals surface area contributed by atoms with Gasteiger partial charge in [-0.2, -0.15) is 13.2 Å². The number of nitrogens with zero attached hydrogens (tertiary/aromatic N) is 3. The standard InChI is InChI=1S/C20H21ClF3N3O3S/c1-5-27(3)12-25-17-9-13(2)18(11-16(17)21)30-14-7-6-8-15(10-14)31(4,29)26-19(28)20(22,23)24/h6-12H,5H2,1-4H3/b25-12+. The number of alkyl halides is 3. The van der Waals surface area contributed by atoms with Crippen LogP contribution in [0.25, 0.3) is 0 Å². The first kappa shape index (κ1) is 24.7. The molecule has 2 rings (SSSR count). The third-order valence-corrected chi connectivity index (χ3v) is 6.05. The van der Waals surface area contributed by atoms with Crippen molar-refractivity contribution >= 4 is 39.3 Å². The van der Waals surface area contributed by atoms with Crippen molar-refractivity contribution in [2.45, 2.75) is 24.9 Å². The van der Waals surface area contributed by atoms with Crippen molar-refractivity contribution < 1.29 is 26.9 Å². The van der Waals surface area contributed by atoms with E-state index >= 15 is 0 Å². The lowest BCUT2D eigenvalue weighted by atomic mass is 10.2. The number of aryl methyl sites for hydroxylation is 1.